The fourth-order valence-electron chi connectivity index (χ4n) is 2.28. The third kappa shape index (κ3) is 4.19. The van der Waals surface area contributed by atoms with Gasteiger partial charge in [0.25, 0.3) is 0 Å². The number of nitrogens with one attached hydrogen (secondary N) is 3. The number of benzene rings is 1. The van der Waals surface area contributed by atoms with Crippen molar-refractivity contribution in [2.75, 3.05) is 27.2 Å². The van der Waals surface area contributed by atoms with Crippen LogP contribution in [0.2, 0.25) is 0 Å². The van der Waals surface area contributed by atoms with E-state index in [1.54, 1.807) is 14.1 Å². The molecular weight excluding hydrogens is 268 g/mol. The summed E-state index contributed by atoms with van der Waals surface area (Å²) in [7, 11) is 3.36. The molecule has 0 fully saturated rings. The van der Waals surface area contributed by atoms with Gasteiger partial charge in [0.1, 0.15) is 0 Å². The Kier molecular flexibility index (Phi) is 5.16. The van der Waals surface area contributed by atoms with E-state index in [1.165, 1.54) is 16.0 Å². The zero-order valence-corrected chi connectivity index (χ0v) is 12.5. The molecule has 6 heteroatoms. The summed E-state index contributed by atoms with van der Waals surface area (Å²) in [5, 5.41) is 8.79. The highest BCUT2D eigenvalue weighted by Gasteiger charge is 2.23. The summed E-state index contributed by atoms with van der Waals surface area (Å²) in [6.07, 6.45) is 0.700. The second kappa shape index (κ2) is 7.08. The van der Waals surface area contributed by atoms with Crippen molar-refractivity contribution in [1.82, 2.24) is 20.9 Å². The Morgan fingerprint density at radius 1 is 1.19 bits per heavy atom. The lowest BCUT2D eigenvalue weighted by Crippen LogP contribution is -2.49. The first kappa shape index (κ1) is 15.3. The monoisotopic (exact) mass is 290 g/mol. The molecule has 3 N–H and O–H groups in total. The molecule has 3 amide bonds. The third-order valence-electron chi connectivity index (χ3n) is 3.50. The van der Waals surface area contributed by atoms with Crippen molar-refractivity contribution in [2.45, 2.75) is 19.0 Å². The van der Waals surface area contributed by atoms with E-state index in [2.05, 4.69) is 28.1 Å². The van der Waals surface area contributed by atoms with Crippen LogP contribution in [0.15, 0.2) is 24.3 Å². The number of fused-ring (bicyclic) bond motifs is 1. The van der Waals surface area contributed by atoms with Gasteiger partial charge in [-0.1, -0.05) is 24.3 Å². The Morgan fingerprint density at radius 3 is 2.57 bits per heavy atom. The van der Waals surface area contributed by atoms with Crippen LogP contribution in [0, 0.1) is 0 Å². The minimum absolute atomic E-state index is 0.0244. The lowest BCUT2D eigenvalue weighted by Gasteiger charge is -2.25. The van der Waals surface area contributed by atoms with E-state index in [1.807, 2.05) is 12.1 Å². The molecule has 114 valence electrons. The maximum Gasteiger partial charge on any atom is 0.316 e. The maximum atomic E-state index is 12.1. The summed E-state index contributed by atoms with van der Waals surface area (Å²) in [5.74, 6) is -0.0244. The predicted molar refractivity (Wildman–Crippen MR) is 80.9 cm³/mol. The van der Waals surface area contributed by atoms with Crippen LogP contribution in [0.25, 0.3) is 0 Å². The molecule has 1 aromatic rings. The molecule has 0 unspecified atom stereocenters. The Bertz CT molecular complexity index is 516. The molecule has 1 heterocycles. The van der Waals surface area contributed by atoms with Crippen molar-refractivity contribution in [3.8, 4) is 0 Å². The van der Waals surface area contributed by atoms with E-state index < -0.39 is 0 Å². The smallest absolute Gasteiger partial charge is 0.316 e. The molecule has 0 bridgehead atoms. The quantitative estimate of drug-likeness (QED) is 0.688. The van der Waals surface area contributed by atoms with E-state index in [-0.39, 0.29) is 18.0 Å². The first-order chi connectivity index (χ1) is 10.1. The molecule has 1 aliphatic heterocycles. The second-order valence-corrected chi connectivity index (χ2v) is 5.32. The molecular formula is C15H22N4O2. The first-order valence-corrected chi connectivity index (χ1v) is 7.11. The van der Waals surface area contributed by atoms with Gasteiger partial charge in [-0.3, -0.25) is 4.79 Å². The van der Waals surface area contributed by atoms with Crippen LogP contribution < -0.4 is 16.0 Å². The average molecular weight is 290 g/mol. The van der Waals surface area contributed by atoms with Gasteiger partial charge in [0.15, 0.2) is 0 Å². The standard InChI is InChI=1S/C15H22N4O2/c1-19(2)15(21)17-8-7-16-14(20)13-9-11-5-3-4-6-12(11)10-18-13/h3-6,13,18H,7-10H2,1-2H3,(H,16,20)(H,17,21)/t13-/m1/s1. The van der Waals surface area contributed by atoms with Crippen molar-refractivity contribution < 1.29 is 9.59 Å². The van der Waals surface area contributed by atoms with Gasteiger partial charge < -0.3 is 20.9 Å². The number of rotatable bonds is 4. The van der Waals surface area contributed by atoms with Crippen molar-refractivity contribution in [1.29, 1.82) is 0 Å². The number of carbonyl (C=O) groups is 2. The number of amides is 3. The summed E-state index contributed by atoms with van der Waals surface area (Å²) in [5.41, 5.74) is 2.47. The molecule has 21 heavy (non-hydrogen) atoms. The van der Waals surface area contributed by atoms with Gasteiger partial charge in [0, 0.05) is 33.7 Å². The van der Waals surface area contributed by atoms with Crippen LogP contribution in [0.3, 0.4) is 0 Å². The van der Waals surface area contributed by atoms with Crippen molar-refractivity contribution in [2.24, 2.45) is 0 Å². The van der Waals surface area contributed by atoms with Crippen molar-refractivity contribution in [3.05, 3.63) is 35.4 Å². The highest BCUT2D eigenvalue weighted by molar-refractivity contribution is 5.82. The Morgan fingerprint density at radius 2 is 1.86 bits per heavy atom. The summed E-state index contributed by atoms with van der Waals surface area (Å²) in [6, 6.07) is 7.78. The van der Waals surface area contributed by atoms with Gasteiger partial charge in [0.05, 0.1) is 6.04 Å². The molecule has 0 saturated heterocycles. The van der Waals surface area contributed by atoms with Gasteiger partial charge in [-0.15, -0.1) is 0 Å². The van der Waals surface area contributed by atoms with E-state index in [4.69, 9.17) is 0 Å². The van der Waals surface area contributed by atoms with E-state index in [0.29, 0.717) is 26.1 Å². The van der Waals surface area contributed by atoms with Crippen LogP contribution in [0.4, 0.5) is 4.79 Å². The maximum absolute atomic E-state index is 12.1. The van der Waals surface area contributed by atoms with Crippen molar-refractivity contribution >= 4 is 11.9 Å². The molecule has 1 atom stereocenters. The Labute approximate surface area is 124 Å². The van der Waals surface area contributed by atoms with Gasteiger partial charge in [-0.25, -0.2) is 4.79 Å². The topological polar surface area (TPSA) is 73.5 Å². The van der Waals surface area contributed by atoms with Crippen LogP contribution in [0.1, 0.15) is 11.1 Å². The third-order valence-corrected chi connectivity index (χ3v) is 3.50. The highest BCUT2D eigenvalue weighted by atomic mass is 16.2. The fourth-order valence-corrected chi connectivity index (χ4v) is 2.28. The van der Waals surface area contributed by atoms with Gasteiger partial charge >= 0.3 is 6.03 Å². The molecule has 0 radical (unpaired) electrons. The zero-order valence-electron chi connectivity index (χ0n) is 12.5. The molecule has 0 saturated carbocycles. The summed E-state index contributed by atoms with van der Waals surface area (Å²) < 4.78 is 0. The minimum Gasteiger partial charge on any atom is -0.353 e. The highest BCUT2D eigenvalue weighted by Crippen LogP contribution is 2.16. The second-order valence-electron chi connectivity index (χ2n) is 5.32. The van der Waals surface area contributed by atoms with E-state index >= 15 is 0 Å². The molecule has 2 rings (SSSR count). The average Bonchev–Trinajstić information content (AvgIpc) is 2.50. The van der Waals surface area contributed by atoms with E-state index in [9.17, 15) is 9.59 Å². The van der Waals surface area contributed by atoms with Gasteiger partial charge in [-0.2, -0.15) is 0 Å². The molecule has 1 aliphatic rings. The molecule has 1 aromatic carbocycles. The number of urea groups is 1. The molecule has 0 aliphatic carbocycles. The van der Waals surface area contributed by atoms with Crippen molar-refractivity contribution in [3.63, 3.8) is 0 Å². The Hall–Kier alpha value is -2.08. The SMILES string of the molecule is CN(C)C(=O)NCCNC(=O)[C@H]1Cc2ccccc2CN1. The fraction of sp³-hybridized carbons (Fsp3) is 0.467. The summed E-state index contributed by atoms with van der Waals surface area (Å²) in [6.45, 7) is 1.57. The normalized spacial score (nSPS) is 16.8. The largest absolute Gasteiger partial charge is 0.353 e. The Balaban J connectivity index is 1.74. The van der Waals surface area contributed by atoms with Crippen LogP contribution in [0.5, 0.6) is 0 Å². The molecule has 0 spiro atoms. The zero-order chi connectivity index (χ0) is 15.2. The van der Waals surface area contributed by atoms with E-state index in [0.717, 1.165) is 0 Å². The van der Waals surface area contributed by atoms with Crippen LogP contribution >= 0.6 is 0 Å². The van der Waals surface area contributed by atoms with Gasteiger partial charge in [0.2, 0.25) is 5.91 Å². The lowest BCUT2D eigenvalue weighted by atomic mass is 9.95. The minimum atomic E-state index is -0.204. The molecule has 0 aromatic heterocycles. The number of hydrogen-bond donors (Lipinski definition) is 3. The summed E-state index contributed by atoms with van der Waals surface area (Å²) in [4.78, 5) is 24.9. The van der Waals surface area contributed by atoms with Crippen LogP contribution in [-0.4, -0.2) is 50.1 Å². The number of hydrogen-bond acceptors (Lipinski definition) is 3. The number of carbonyl (C=O) groups excluding carboxylic acids is 2. The van der Waals surface area contributed by atoms with Gasteiger partial charge in [-0.05, 0) is 17.5 Å². The van der Waals surface area contributed by atoms with Crippen LogP contribution in [-0.2, 0) is 17.8 Å². The molecule has 6 nitrogen and oxygen atoms in total. The predicted octanol–water partition coefficient (Wildman–Crippen LogP) is 0.0883. The summed E-state index contributed by atoms with van der Waals surface area (Å²) >= 11 is 0. The first-order valence-electron chi connectivity index (χ1n) is 7.11. The lowest BCUT2D eigenvalue weighted by molar-refractivity contribution is -0.123. The number of nitrogens with zero attached hydrogens (tertiary/aromatic N) is 1.